The van der Waals surface area contributed by atoms with Gasteiger partial charge in [-0.15, -0.1) is 0 Å². The van der Waals surface area contributed by atoms with E-state index in [2.05, 4.69) is 30.8 Å². The van der Waals surface area contributed by atoms with Gasteiger partial charge in [0, 0.05) is 32.4 Å². The maximum atomic E-state index is 12.2. The molecule has 0 aliphatic heterocycles. The Morgan fingerprint density at radius 3 is 1.96 bits per heavy atom. The molecule has 0 spiro atoms. The van der Waals surface area contributed by atoms with Crippen molar-refractivity contribution in [3.8, 4) is 0 Å². The third-order valence-corrected chi connectivity index (χ3v) is 3.89. The molecule has 9 nitrogen and oxygen atoms in total. The molecule has 140 valence electrons. The average Bonchev–Trinajstić information content (AvgIpc) is 2.69. The van der Waals surface area contributed by atoms with Crippen LogP contribution in [0.4, 0.5) is 17.8 Å². The predicted octanol–water partition coefficient (Wildman–Crippen LogP) is 1.72. The molecule has 0 saturated carbocycles. The molecule has 0 unspecified atom stereocenters. The second-order valence-corrected chi connectivity index (χ2v) is 5.40. The number of hydrazine groups is 1. The van der Waals surface area contributed by atoms with Gasteiger partial charge in [0.25, 0.3) is 5.91 Å². The summed E-state index contributed by atoms with van der Waals surface area (Å²) in [6, 6.07) is 5.14. The van der Waals surface area contributed by atoms with Gasteiger partial charge in [-0.25, -0.2) is 0 Å². The maximum Gasteiger partial charge on any atom is 0.288 e. The van der Waals surface area contributed by atoms with Crippen LogP contribution in [0.5, 0.6) is 0 Å². The van der Waals surface area contributed by atoms with Crippen LogP contribution < -0.4 is 20.7 Å². The molecule has 2 aromatic heterocycles. The fourth-order valence-corrected chi connectivity index (χ4v) is 2.38. The molecule has 0 radical (unpaired) electrons. The molecule has 0 aromatic carbocycles. The zero-order chi connectivity index (χ0) is 18.9. The molecule has 2 rings (SSSR count). The van der Waals surface area contributed by atoms with Gasteiger partial charge in [-0.05, 0) is 39.8 Å². The Hall–Kier alpha value is -2.97. The Kier molecular flexibility index (Phi) is 7.07. The molecular weight excluding hydrogens is 332 g/mol. The van der Waals surface area contributed by atoms with Gasteiger partial charge in [0.2, 0.25) is 17.8 Å². The molecule has 2 heterocycles. The van der Waals surface area contributed by atoms with Crippen LogP contribution in [0.3, 0.4) is 0 Å². The van der Waals surface area contributed by atoms with Crippen molar-refractivity contribution in [3.05, 3.63) is 30.1 Å². The SMILES string of the molecule is CCN(CC)c1nc(NNC(=O)c2ccccn2)nc(N(CC)CC)n1. The number of hydrogen-bond donors (Lipinski definition) is 2. The smallest absolute Gasteiger partial charge is 0.288 e. The largest absolute Gasteiger partial charge is 0.341 e. The summed E-state index contributed by atoms with van der Waals surface area (Å²) >= 11 is 0. The van der Waals surface area contributed by atoms with E-state index in [9.17, 15) is 4.79 Å². The number of rotatable bonds is 9. The van der Waals surface area contributed by atoms with Gasteiger partial charge in [0.1, 0.15) is 5.69 Å². The monoisotopic (exact) mass is 358 g/mol. The van der Waals surface area contributed by atoms with Crippen molar-refractivity contribution in [2.24, 2.45) is 0 Å². The highest BCUT2D eigenvalue weighted by Gasteiger charge is 2.15. The first kappa shape index (κ1) is 19.4. The van der Waals surface area contributed by atoms with E-state index in [1.54, 1.807) is 24.4 Å². The van der Waals surface area contributed by atoms with Crippen LogP contribution in [0.25, 0.3) is 0 Å². The lowest BCUT2D eigenvalue weighted by Crippen LogP contribution is -2.33. The average molecular weight is 358 g/mol. The van der Waals surface area contributed by atoms with Gasteiger partial charge in [-0.2, -0.15) is 15.0 Å². The number of amides is 1. The predicted molar refractivity (Wildman–Crippen MR) is 102 cm³/mol. The van der Waals surface area contributed by atoms with Crippen molar-refractivity contribution in [2.45, 2.75) is 27.7 Å². The zero-order valence-corrected chi connectivity index (χ0v) is 15.7. The van der Waals surface area contributed by atoms with Crippen LogP contribution in [-0.4, -0.2) is 52.0 Å². The van der Waals surface area contributed by atoms with Crippen molar-refractivity contribution < 1.29 is 4.79 Å². The molecule has 0 saturated heterocycles. The highest BCUT2D eigenvalue weighted by Crippen LogP contribution is 2.16. The lowest BCUT2D eigenvalue weighted by molar-refractivity contribution is 0.0957. The van der Waals surface area contributed by atoms with E-state index in [0.717, 1.165) is 26.2 Å². The number of hydrogen-bond acceptors (Lipinski definition) is 8. The van der Waals surface area contributed by atoms with Gasteiger partial charge >= 0.3 is 0 Å². The topological polar surface area (TPSA) is 99.2 Å². The third kappa shape index (κ3) is 4.78. The lowest BCUT2D eigenvalue weighted by atomic mass is 10.3. The summed E-state index contributed by atoms with van der Waals surface area (Å²) in [5.74, 6) is 1.07. The lowest BCUT2D eigenvalue weighted by Gasteiger charge is -2.23. The van der Waals surface area contributed by atoms with Crippen molar-refractivity contribution in [1.29, 1.82) is 0 Å². The van der Waals surface area contributed by atoms with Crippen LogP contribution >= 0.6 is 0 Å². The Morgan fingerprint density at radius 1 is 0.923 bits per heavy atom. The Morgan fingerprint density at radius 2 is 1.50 bits per heavy atom. The summed E-state index contributed by atoms with van der Waals surface area (Å²) in [4.78, 5) is 33.6. The number of pyridine rings is 1. The normalized spacial score (nSPS) is 10.3. The van der Waals surface area contributed by atoms with Crippen molar-refractivity contribution in [2.75, 3.05) is 41.4 Å². The first-order valence-electron chi connectivity index (χ1n) is 8.86. The number of carbonyl (C=O) groups is 1. The maximum absolute atomic E-state index is 12.2. The summed E-state index contributed by atoms with van der Waals surface area (Å²) in [6.07, 6.45) is 1.56. The van der Waals surface area contributed by atoms with Crippen molar-refractivity contribution in [1.82, 2.24) is 25.4 Å². The van der Waals surface area contributed by atoms with E-state index < -0.39 is 0 Å². The number of nitrogens with zero attached hydrogens (tertiary/aromatic N) is 6. The van der Waals surface area contributed by atoms with Gasteiger partial charge in [0.05, 0.1) is 0 Å². The second kappa shape index (κ2) is 9.50. The Bertz CT molecular complexity index is 671. The fourth-order valence-electron chi connectivity index (χ4n) is 2.38. The fraction of sp³-hybridized carbons (Fsp3) is 0.471. The summed E-state index contributed by atoms with van der Waals surface area (Å²) in [5, 5.41) is 0. The van der Waals surface area contributed by atoms with Crippen LogP contribution in [0.15, 0.2) is 24.4 Å². The standard InChI is InChI=1S/C17H26N8O/c1-5-24(6-2)16-19-15(20-17(21-16)25(7-3)8-4)23-22-14(26)13-11-9-10-12-18-13/h9-12H,5-8H2,1-4H3,(H,22,26)(H,19,20,21,23). The summed E-state index contributed by atoms with van der Waals surface area (Å²) < 4.78 is 0. The number of nitrogens with one attached hydrogen (secondary N) is 2. The van der Waals surface area contributed by atoms with Crippen LogP contribution in [0, 0.1) is 0 Å². The Balaban J connectivity index is 2.24. The first-order valence-corrected chi connectivity index (χ1v) is 8.86. The van der Waals surface area contributed by atoms with Crippen molar-refractivity contribution in [3.63, 3.8) is 0 Å². The molecule has 9 heteroatoms. The third-order valence-electron chi connectivity index (χ3n) is 3.89. The minimum atomic E-state index is -0.361. The molecule has 0 atom stereocenters. The zero-order valence-electron chi connectivity index (χ0n) is 15.7. The van der Waals surface area contributed by atoms with Crippen LogP contribution in [-0.2, 0) is 0 Å². The van der Waals surface area contributed by atoms with E-state index in [-0.39, 0.29) is 11.9 Å². The van der Waals surface area contributed by atoms with Crippen LogP contribution in [0.2, 0.25) is 0 Å². The quantitative estimate of drug-likeness (QED) is 0.654. The van der Waals surface area contributed by atoms with Gasteiger partial charge in [0.15, 0.2) is 0 Å². The second-order valence-electron chi connectivity index (χ2n) is 5.40. The molecular formula is C17H26N8O. The Labute approximate surface area is 153 Å². The molecule has 0 aliphatic rings. The number of aromatic nitrogens is 4. The first-order chi connectivity index (χ1) is 12.6. The molecule has 1 amide bonds. The van der Waals surface area contributed by atoms with E-state index in [4.69, 9.17) is 0 Å². The van der Waals surface area contributed by atoms with Gasteiger partial charge < -0.3 is 9.80 Å². The van der Waals surface area contributed by atoms with E-state index in [1.165, 1.54) is 0 Å². The highest BCUT2D eigenvalue weighted by atomic mass is 16.2. The van der Waals surface area contributed by atoms with E-state index >= 15 is 0 Å². The highest BCUT2D eigenvalue weighted by molar-refractivity contribution is 5.92. The molecule has 2 aromatic rings. The number of anilines is 3. The van der Waals surface area contributed by atoms with E-state index in [0.29, 0.717) is 17.6 Å². The summed E-state index contributed by atoms with van der Waals surface area (Å²) in [7, 11) is 0. The van der Waals surface area contributed by atoms with Gasteiger partial charge in [-0.1, -0.05) is 6.07 Å². The molecule has 26 heavy (non-hydrogen) atoms. The summed E-state index contributed by atoms with van der Waals surface area (Å²) in [5.41, 5.74) is 5.66. The molecule has 0 aliphatic carbocycles. The van der Waals surface area contributed by atoms with Gasteiger partial charge in [-0.3, -0.25) is 20.6 Å². The van der Waals surface area contributed by atoms with E-state index in [1.807, 2.05) is 37.5 Å². The van der Waals surface area contributed by atoms with Crippen LogP contribution in [0.1, 0.15) is 38.2 Å². The summed E-state index contributed by atoms with van der Waals surface area (Å²) in [6.45, 7) is 11.3. The molecule has 0 fully saturated rings. The minimum absolute atomic E-state index is 0.285. The molecule has 2 N–H and O–H groups in total. The van der Waals surface area contributed by atoms with Crippen molar-refractivity contribution >= 4 is 23.8 Å². The number of carbonyl (C=O) groups excluding carboxylic acids is 1. The minimum Gasteiger partial charge on any atom is -0.341 e. The molecule has 0 bridgehead atoms.